The van der Waals surface area contributed by atoms with Crippen LogP contribution in [-0.2, 0) is 0 Å². The van der Waals surface area contributed by atoms with E-state index in [4.69, 9.17) is 9.47 Å². The molecular weight excluding hydrogens is 524 g/mol. The SMILES string of the molecule is CN(C)c1ccc(C=N/C(C#N)=C(\C#N)N=Cc2ccc(N(C)C)cc2Oc2ccccc2)c(Oc2ccccc2)c1. The van der Waals surface area contributed by atoms with Crippen molar-refractivity contribution in [1.29, 1.82) is 10.5 Å². The number of nitrogens with zero attached hydrogens (tertiary/aromatic N) is 6. The molecular formula is C34H30N6O2. The molecule has 0 amide bonds. The average molecular weight is 555 g/mol. The molecule has 0 unspecified atom stereocenters. The first-order valence-corrected chi connectivity index (χ1v) is 13.1. The minimum atomic E-state index is -0.133. The molecule has 0 bridgehead atoms. The average Bonchev–Trinajstić information content (AvgIpc) is 3.00. The molecule has 0 saturated carbocycles. The van der Waals surface area contributed by atoms with Crippen LogP contribution in [-0.4, -0.2) is 40.6 Å². The van der Waals surface area contributed by atoms with Crippen LogP contribution in [0.1, 0.15) is 11.1 Å². The molecule has 0 aliphatic rings. The summed E-state index contributed by atoms with van der Waals surface area (Å²) in [6, 6.07) is 34.1. The van der Waals surface area contributed by atoms with Gasteiger partial charge in [0.25, 0.3) is 0 Å². The Hall–Kier alpha value is -5.86. The number of rotatable bonds is 10. The van der Waals surface area contributed by atoms with E-state index < -0.39 is 0 Å². The Morgan fingerprint density at radius 3 is 1.31 bits per heavy atom. The van der Waals surface area contributed by atoms with Gasteiger partial charge in [-0.05, 0) is 48.5 Å². The Bertz CT molecular complexity index is 1570. The molecule has 0 saturated heterocycles. The second kappa shape index (κ2) is 14.0. The normalized spacial score (nSPS) is 11.5. The summed E-state index contributed by atoms with van der Waals surface area (Å²) in [5.74, 6) is 2.43. The molecule has 0 spiro atoms. The highest BCUT2D eigenvalue weighted by Crippen LogP contribution is 2.30. The first kappa shape index (κ1) is 29.1. The van der Waals surface area contributed by atoms with Gasteiger partial charge in [-0.15, -0.1) is 0 Å². The van der Waals surface area contributed by atoms with E-state index in [-0.39, 0.29) is 11.4 Å². The third-order valence-electron chi connectivity index (χ3n) is 6.07. The van der Waals surface area contributed by atoms with E-state index in [1.54, 1.807) is 0 Å². The van der Waals surface area contributed by atoms with Crippen molar-refractivity contribution >= 4 is 23.8 Å². The van der Waals surface area contributed by atoms with Crippen molar-refractivity contribution in [2.24, 2.45) is 9.98 Å². The molecule has 8 nitrogen and oxygen atoms in total. The number of allylic oxidation sites excluding steroid dienone is 2. The maximum atomic E-state index is 9.86. The van der Waals surface area contributed by atoms with Crippen molar-refractivity contribution in [3.8, 4) is 35.1 Å². The number of hydrogen-bond donors (Lipinski definition) is 0. The van der Waals surface area contributed by atoms with Gasteiger partial charge in [0.2, 0.25) is 0 Å². The topological polar surface area (TPSA) is 97.2 Å². The van der Waals surface area contributed by atoms with Gasteiger partial charge in [-0.1, -0.05) is 36.4 Å². The van der Waals surface area contributed by atoms with E-state index in [1.807, 2.05) is 147 Å². The first-order valence-electron chi connectivity index (χ1n) is 13.1. The van der Waals surface area contributed by atoms with Gasteiger partial charge in [-0.3, -0.25) is 0 Å². The zero-order valence-corrected chi connectivity index (χ0v) is 23.9. The summed E-state index contributed by atoms with van der Waals surface area (Å²) >= 11 is 0. The monoisotopic (exact) mass is 554 g/mol. The van der Waals surface area contributed by atoms with Gasteiger partial charge < -0.3 is 19.3 Å². The van der Waals surface area contributed by atoms with Gasteiger partial charge in [0.1, 0.15) is 35.1 Å². The van der Waals surface area contributed by atoms with Gasteiger partial charge in [-0.25, -0.2) is 9.98 Å². The van der Waals surface area contributed by atoms with E-state index in [2.05, 4.69) is 9.98 Å². The Labute approximate surface area is 246 Å². The largest absolute Gasteiger partial charge is 0.457 e. The Balaban J connectivity index is 1.67. The number of nitriles is 2. The van der Waals surface area contributed by atoms with Crippen molar-refractivity contribution in [3.05, 3.63) is 120 Å². The predicted molar refractivity (Wildman–Crippen MR) is 168 cm³/mol. The Morgan fingerprint density at radius 2 is 0.976 bits per heavy atom. The molecule has 0 fully saturated rings. The highest BCUT2D eigenvalue weighted by Gasteiger charge is 2.10. The third kappa shape index (κ3) is 7.62. The molecule has 8 heteroatoms. The second-order valence-corrected chi connectivity index (χ2v) is 9.50. The minimum Gasteiger partial charge on any atom is -0.457 e. The number of benzene rings is 4. The van der Waals surface area contributed by atoms with Crippen molar-refractivity contribution < 1.29 is 9.47 Å². The highest BCUT2D eigenvalue weighted by molar-refractivity contribution is 5.87. The zero-order valence-electron chi connectivity index (χ0n) is 23.9. The van der Waals surface area contributed by atoms with Crippen molar-refractivity contribution in [1.82, 2.24) is 0 Å². The molecule has 0 radical (unpaired) electrons. The summed E-state index contributed by atoms with van der Waals surface area (Å²) in [7, 11) is 7.75. The highest BCUT2D eigenvalue weighted by atomic mass is 16.5. The van der Waals surface area contributed by atoms with Crippen LogP contribution < -0.4 is 19.3 Å². The fourth-order valence-corrected chi connectivity index (χ4v) is 3.78. The van der Waals surface area contributed by atoms with E-state index in [1.165, 1.54) is 12.4 Å². The van der Waals surface area contributed by atoms with Crippen LogP contribution in [0.15, 0.2) is 118 Å². The van der Waals surface area contributed by atoms with Gasteiger partial charge in [0.15, 0.2) is 11.4 Å². The lowest BCUT2D eigenvalue weighted by atomic mass is 10.1. The lowest BCUT2D eigenvalue weighted by Gasteiger charge is -2.16. The van der Waals surface area contributed by atoms with Gasteiger partial charge in [0.05, 0.1) is 0 Å². The zero-order chi connectivity index (χ0) is 29.9. The number of para-hydroxylation sites is 2. The molecule has 4 aromatic rings. The maximum Gasteiger partial charge on any atom is 0.176 e. The molecule has 4 rings (SSSR count). The Morgan fingerprint density at radius 1 is 0.595 bits per heavy atom. The summed E-state index contributed by atoms with van der Waals surface area (Å²) in [6.07, 6.45) is 3.00. The van der Waals surface area contributed by atoms with Crippen LogP contribution in [0.4, 0.5) is 11.4 Å². The minimum absolute atomic E-state index is 0.133. The lowest BCUT2D eigenvalue weighted by Crippen LogP contribution is -2.09. The second-order valence-electron chi connectivity index (χ2n) is 9.50. The smallest absolute Gasteiger partial charge is 0.176 e. The summed E-state index contributed by atoms with van der Waals surface area (Å²) in [5, 5.41) is 19.7. The van der Waals surface area contributed by atoms with Crippen molar-refractivity contribution in [2.75, 3.05) is 38.0 Å². The molecule has 42 heavy (non-hydrogen) atoms. The number of anilines is 2. The van der Waals surface area contributed by atoms with Gasteiger partial charge in [-0.2, -0.15) is 10.5 Å². The molecule has 0 aromatic heterocycles. The summed E-state index contributed by atoms with van der Waals surface area (Å²) < 4.78 is 12.2. The molecule has 4 aromatic carbocycles. The van der Waals surface area contributed by atoms with Crippen LogP contribution in [0.3, 0.4) is 0 Å². The van der Waals surface area contributed by atoms with Gasteiger partial charge >= 0.3 is 0 Å². The molecule has 0 aliphatic carbocycles. The Kier molecular flexibility index (Phi) is 9.69. The van der Waals surface area contributed by atoms with Crippen LogP contribution in [0, 0.1) is 22.7 Å². The summed E-state index contributed by atoms with van der Waals surface area (Å²) in [4.78, 5) is 12.6. The molecule has 0 aliphatic heterocycles. The van der Waals surface area contributed by atoms with Crippen LogP contribution in [0.25, 0.3) is 0 Å². The molecule has 0 heterocycles. The maximum absolute atomic E-state index is 9.86. The van der Waals surface area contributed by atoms with Crippen LogP contribution in [0.5, 0.6) is 23.0 Å². The van der Waals surface area contributed by atoms with E-state index >= 15 is 0 Å². The summed E-state index contributed by atoms with van der Waals surface area (Å²) in [5.41, 5.74) is 2.88. The standard InChI is InChI=1S/C34H30N6O2/c1-39(2)27-17-15-25(33(19-27)41-29-11-7-5-8-12-29)23-37-31(21-35)32(22-36)38-24-26-16-18-28(40(3)4)20-34(26)42-30-13-9-6-10-14-30/h5-20,23-24H,1-4H3/b32-31+,37-23?,38-24?. The number of ether oxygens (including phenoxy) is 2. The number of hydrogen-bond acceptors (Lipinski definition) is 8. The molecule has 0 N–H and O–H groups in total. The van der Waals surface area contributed by atoms with Crippen molar-refractivity contribution in [2.45, 2.75) is 0 Å². The van der Waals surface area contributed by atoms with Crippen LogP contribution in [0.2, 0.25) is 0 Å². The first-order chi connectivity index (χ1) is 20.4. The molecule has 208 valence electrons. The predicted octanol–water partition coefficient (Wildman–Crippen LogP) is 7.20. The molecule has 0 atom stereocenters. The lowest BCUT2D eigenvalue weighted by molar-refractivity contribution is 0.481. The quantitative estimate of drug-likeness (QED) is 0.152. The summed E-state index contributed by atoms with van der Waals surface area (Å²) in [6.45, 7) is 0. The fraction of sp³-hybridized carbons (Fsp3) is 0.118. The van der Waals surface area contributed by atoms with Crippen molar-refractivity contribution in [3.63, 3.8) is 0 Å². The number of aliphatic imine (C=N–C) groups is 2. The van der Waals surface area contributed by atoms with E-state index in [0.29, 0.717) is 34.1 Å². The van der Waals surface area contributed by atoms with E-state index in [9.17, 15) is 10.5 Å². The van der Waals surface area contributed by atoms with Crippen LogP contribution >= 0.6 is 0 Å². The third-order valence-corrected chi connectivity index (χ3v) is 6.07. The fourth-order valence-electron chi connectivity index (χ4n) is 3.78. The van der Waals surface area contributed by atoms with Gasteiger partial charge in [0, 0.05) is 75.3 Å². The van der Waals surface area contributed by atoms with E-state index in [0.717, 1.165) is 11.4 Å².